The summed E-state index contributed by atoms with van der Waals surface area (Å²) >= 11 is 0. The van der Waals surface area contributed by atoms with E-state index in [-0.39, 0.29) is 34.6 Å². The number of nitrogens with zero attached hydrogens (tertiary/aromatic N) is 3. The maximum atomic E-state index is 12.1. The lowest BCUT2D eigenvalue weighted by molar-refractivity contribution is -0.192. The molecule has 2 aromatic rings. The molecule has 0 aromatic carbocycles. The Hall–Kier alpha value is -2.45. The van der Waals surface area contributed by atoms with E-state index in [0.717, 1.165) is 0 Å². The SMILES string of the molecule is Br.COc1nn2c(N)ncc2cc1OCC(F)(F)F.O=C(O)C(F)(F)F. The Morgan fingerprint density at radius 3 is 2.27 bits per heavy atom. The van der Waals surface area contributed by atoms with Gasteiger partial charge in [-0.15, -0.1) is 22.1 Å². The zero-order valence-electron chi connectivity index (χ0n) is 12.6. The molecule has 0 unspecified atom stereocenters. The van der Waals surface area contributed by atoms with Gasteiger partial charge in [0, 0.05) is 6.07 Å². The molecule has 0 fully saturated rings. The van der Waals surface area contributed by atoms with E-state index >= 15 is 0 Å². The van der Waals surface area contributed by atoms with Crippen LogP contribution in [0.5, 0.6) is 11.6 Å². The first-order valence-corrected chi connectivity index (χ1v) is 6.03. The lowest BCUT2D eigenvalue weighted by atomic mass is 10.4. The zero-order chi connectivity index (χ0) is 19.4. The lowest BCUT2D eigenvalue weighted by Gasteiger charge is -2.11. The van der Waals surface area contributed by atoms with Gasteiger partial charge in [0.15, 0.2) is 12.4 Å². The summed E-state index contributed by atoms with van der Waals surface area (Å²) in [6.45, 7) is -1.43. The number of hydrogen-bond acceptors (Lipinski definition) is 6. The molecule has 3 N–H and O–H groups in total. The molecule has 26 heavy (non-hydrogen) atoms. The number of carboxylic acid groups (broad SMARTS) is 1. The van der Waals surface area contributed by atoms with Crippen LogP contribution in [0, 0.1) is 0 Å². The summed E-state index contributed by atoms with van der Waals surface area (Å²) in [5.41, 5.74) is 5.91. The Labute approximate surface area is 151 Å². The van der Waals surface area contributed by atoms with E-state index in [1.165, 1.54) is 23.9 Å². The van der Waals surface area contributed by atoms with Crippen molar-refractivity contribution in [3.05, 3.63) is 12.3 Å². The molecule has 0 atom stereocenters. The molecule has 2 rings (SSSR count). The van der Waals surface area contributed by atoms with Gasteiger partial charge >= 0.3 is 18.3 Å². The highest BCUT2D eigenvalue weighted by Gasteiger charge is 2.38. The molecule has 0 amide bonds. The predicted octanol–water partition coefficient (Wildman–Crippen LogP) is 2.47. The van der Waals surface area contributed by atoms with Crippen molar-refractivity contribution in [2.45, 2.75) is 12.4 Å². The fraction of sp³-hybridized carbons (Fsp3) is 0.364. The summed E-state index contributed by atoms with van der Waals surface area (Å²) in [7, 11) is 1.27. The summed E-state index contributed by atoms with van der Waals surface area (Å²) in [4.78, 5) is 12.7. The van der Waals surface area contributed by atoms with Crippen molar-refractivity contribution in [2.75, 3.05) is 19.5 Å². The number of halogens is 7. The molecule has 0 aliphatic carbocycles. The first-order valence-electron chi connectivity index (χ1n) is 6.03. The molecule has 0 saturated carbocycles. The predicted molar refractivity (Wildman–Crippen MR) is 79.5 cm³/mol. The quantitative estimate of drug-likeness (QED) is 0.682. The fourth-order valence-electron chi connectivity index (χ4n) is 1.32. The molecular weight excluding hydrogens is 446 g/mol. The van der Waals surface area contributed by atoms with Crippen LogP contribution in [0.1, 0.15) is 0 Å². The number of imidazole rings is 1. The van der Waals surface area contributed by atoms with Gasteiger partial charge in [0.25, 0.3) is 5.88 Å². The van der Waals surface area contributed by atoms with E-state index < -0.39 is 24.9 Å². The number of nitrogen functional groups attached to an aromatic ring is 1. The molecule has 0 spiro atoms. The molecule has 0 saturated heterocycles. The van der Waals surface area contributed by atoms with Crippen LogP contribution >= 0.6 is 17.0 Å². The Balaban J connectivity index is 0.000000673. The number of fused-ring (bicyclic) bond motifs is 1. The number of hydrogen-bond donors (Lipinski definition) is 2. The maximum Gasteiger partial charge on any atom is 0.490 e. The van der Waals surface area contributed by atoms with E-state index in [1.807, 2.05) is 0 Å². The normalized spacial score (nSPS) is 11.2. The minimum absolute atomic E-state index is 0. The number of carbonyl (C=O) groups is 1. The largest absolute Gasteiger partial charge is 0.490 e. The first-order chi connectivity index (χ1) is 11.3. The van der Waals surface area contributed by atoms with E-state index in [4.69, 9.17) is 20.4 Å². The minimum Gasteiger partial charge on any atom is -0.478 e. The van der Waals surface area contributed by atoms with Crippen LogP contribution in [0.25, 0.3) is 5.52 Å². The van der Waals surface area contributed by atoms with Crippen LogP contribution in [0.4, 0.5) is 32.3 Å². The topological polar surface area (TPSA) is 112 Å². The van der Waals surface area contributed by atoms with Crippen molar-refractivity contribution in [2.24, 2.45) is 0 Å². The van der Waals surface area contributed by atoms with E-state index in [9.17, 15) is 26.3 Å². The number of carboxylic acids is 1. The van der Waals surface area contributed by atoms with Crippen molar-refractivity contribution in [3.8, 4) is 11.6 Å². The highest BCUT2D eigenvalue weighted by molar-refractivity contribution is 8.93. The van der Waals surface area contributed by atoms with Crippen LogP contribution in [-0.2, 0) is 4.79 Å². The van der Waals surface area contributed by atoms with Crippen LogP contribution < -0.4 is 15.2 Å². The number of rotatable bonds is 3. The number of aromatic nitrogens is 3. The third kappa shape index (κ3) is 6.81. The van der Waals surface area contributed by atoms with Gasteiger partial charge in [-0.2, -0.15) is 30.9 Å². The minimum atomic E-state index is -5.08. The summed E-state index contributed by atoms with van der Waals surface area (Å²) in [5.74, 6) is -2.88. The van der Waals surface area contributed by atoms with Crippen LogP contribution in [0.15, 0.2) is 12.3 Å². The molecule has 2 aromatic heterocycles. The lowest BCUT2D eigenvalue weighted by Crippen LogP contribution is -2.21. The van der Waals surface area contributed by atoms with E-state index in [0.29, 0.717) is 5.52 Å². The van der Waals surface area contributed by atoms with Crippen LogP contribution in [-0.4, -0.2) is 51.7 Å². The Kier molecular flexibility index (Phi) is 7.95. The number of alkyl halides is 6. The number of anilines is 1. The second-order valence-electron chi connectivity index (χ2n) is 4.18. The zero-order valence-corrected chi connectivity index (χ0v) is 14.3. The van der Waals surface area contributed by atoms with Crippen molar-refractivity contribution in [3.63, 3.8) is 0 Å². The Morgan fingerprint density at radius 2 is 1.85 bits per heavy atom. The number of methoxy groups -OCH3 is 1. The second-order valence-corrected chi connectivity index (χ2v) is 4.18. The van der Waals surface area contributed by atoms with Crippen molar-refractivity contribution in [1.29, 1.82) is 0 Å². The van der Waals surface area contributed by atoms with E-state index in [1.54, 1.807) is 0 Å². The van der Waals surface area contributed by atoms with Crippen molar-refractivity contribution < 1.29 is 45.7 Å². The molecule has 0 bridgehead atoms. The van der Waals surface area contributed by atoms with Gasteiger partial charge in [0.1, 0.15) is 0 Å². The fourth-order valence-corrected chi connectivity index (χ4v) is 1.32. The Bertz CT molecular complexity index is 749. The average Bonchev–Trinajstić information content (AvgIpc) is 2.83. The summed E-state index contributed by atoms with van der Waals surface area (Å²) in [6.07, 6.45) is -8.15. The summed E-state index contributed by atoms with van der Waals surface area (Å²) in [6, 6.07) is 1.32. The van der Waals surface area contributed by atoms with Gasteiger partial charge < -0.3 is 20.3 Å². The number of aliphatic carboxylic acids is 1. The third-order valence-electron chi connectivity index (χ3n) is 2.30. The van der Waals surface area contributed by atoms with Gasteiger partial charge in [0.05, 0.1) is 18.8 Å². The number of nitrogens with two attached hydrogens (primary N) is 1. The summed E-state index contributed by atoms with van der Waals surface area (Å²) in [5, 5.41) is 11.0. The molecule has 148 valence electrons. The molecule has 2 heterocycles. The van der Waals surface area contributed by atoms with Crippen molar-refractivity contribution >= 4 is 34.4 Å². The molecule has 8 nitrogen and oxygen atoms in total. The highest BCUT2D eigenvalue weighted by atomic mass is 79.9. The molecular formula is C11H11BrF6N4O4. The Morgan fingerprint density at radius 1 is 1.31 bits per heavy atom. The van der Waals surface area contributed by atoms with Gasteiger partial charge in [-0.1, -0.05) is 0 Å². The van der Waals surface area contributed by atoms with Crippen LogP contribution in [0.3, 0.4) is 0 Å². The second kappa shape index (κ2) is 8.77. The standard InChI is InChI=1S/C9H9F3N4O2.C2HF3O2.BrH/c1-17-7-6(18-4-9(10,11)12)2-5-3-14-8(13)16(5)15-7;3-2(4,5)1(6)7;/h2-3H,4H2,1H3,(H2,13,14);(H,6,7);1H. The van der Waals surface area contributed by atoms with Crippen LogP contribution in [0.2, 0.25) is 0 Å². The first kappa shape index (κ1) is 23.5. The van der Waals surface area contributed by atoms with Gasteiger partial charge in [-0.25, -0.2) is 9.78 Å². The molecule has 0 aliphatic heterocycles. The highest BCUT2D eigenvalue weighted by Crippen LogP contribution is 2.28. The van der Waals surface area contributed by atoms with Gasteiger partial charge in [-0.05, 0) is 0 Å². The van der Waals surface area contributed by atoms with E-state index in [2.05, 4.69) is 14.8 Å². The van der Waals surface area contributed by atoms with Gasteiger partial charge in [-0.3, -0.25) is 0 Å². The van der Waals surface area contributed by atoms with Crippen molar-refractivity contribution in [1.82, 2.24) is 14.6 Å². The molecule has 0 radical (unpaired) electrons. The maximum absolute atomic E-state index is 12.1. The summed E-state index contributed by atoms with van der Waals surface area (Å²) < 4.78 is 78.6. The molecule has 0 aliphatic rings. The number of ether oxygens (including phenoxy) is 2. The monoisotopic (exact) mass is 456 g/mol. The van der Waals surface area contributed by atoms with Gasteiger partial charge in [0.2, 0.25) is 5.95 Å². The molecule has 15 heteroatoms. The smallest absolute Gasteiger partial charge is 0.478 e. The average molecular weight is 457 g/mol. The third-order valence-corrected chi connectivity index (χ3v) is 2.30.